The second kappa shape index (κ2) is 7.94. The topological polar surface area (TPSA) is 49.8 Å². The second-order valence-electron chi connectivity index (χ2n) is 6.53. The Morgan fingerprint density at radius 2 is 2.08 bits per heavy atom. The fourth-order valence-corrected chi connectivity index (χ4v) is 3.17. The number of fused-ring (bicyclic) bond motifs is 1. The first-order valence-corrected chi connectivity index (χ1v) is 9.10. The first-order valence-electron chi connectivity index (χ1n) is 8.72. The van der Waals surface area contributed by atoms with E-state index in [-0.39, 0.29) is 17.3 Å². The van der Waals surface area contributed by atoms with Gasteiger partial charge in [-0.3, -0.25) is 4.79 Å². The minimum Gasteiger partial charge on any atom is -0.507 e. The van der Waals surface area contributed by atoms with E-state index in [1.165, 1.54) is 0 Å². The summed E-state index contributed by atoms with van der Waals surface area (Å²) in [5.74, 6) is 0.651. The molecule has 0 spiro atoms. The summed E-state index contributed by atoms with van der Waals surface area (Å²) < 4.78 is 5.86. The van der Waals surface area contributed by atoms with Crippen molar-refractivity contribution in [1.29, 1.82) is 0 Å². The molecule has 2 aromatic rings. The van der Waals surface area contributed by atoms with Gasteiger partial charge in [0.1, 0.15) is 11.5 Å². The summed E-state index contributed by atoms with van der Waals surface area (Å²) >= 11 is 6.01. The van der Waals surface area contributed by atoms with E-state index in [1.54, 1.807) is 30.3 Å². The van der Waals surface area contributed by atoms with Crippen LogP contribution in [-0.2, 0) is 6.54 Å². The standard InChI is InChI=1S/C21H22ClNO3/c1-3-4-10-23(2)13-17-18(24)9-8-16-20(25)19(26-21(16)17)12-14-6-5-7-15(22)11-14/h5-9,11-12,24H,3-4,10,13H2,1-2H3/b19-12-. The van der Waals surface area contributed by atoms with Crippen molar-refractivity contribution in [3.63, 3.8) is 0 Å². The lowest BCUT2D eigenvalue weighted by Gasteiger charge is -2.18. The molecule has 3 rings (SSSR count). The predicted octanol–water partition coefficient (Wildman–Crippen LogP) is 4.89. The van der Waals surface area contributed by atoms with Gasteiger partial charge in [-0.1, -0.05) is 37.1 Å². The van der Waals surface area contributed by atoms with Crippen molar-refractivity contribution in [1.82, 2.24) is 4.90 Å². The van der Waals surface area contributed by atoms with Gasteiger partial charge >= 0.3 is 0 Å². The Morgan fingerprint density at radius 3 is 2.81 bits per heavy atom. The van der Waals surface area contributed by atoms with Gasteiger partial charge in [0.05, 0.1) is 11.1 Å². The minimum absolute atomic E-state index is 0.143. The number of ketones is 1. The van der Waals surface area contributed by atoms with Gasteiger partial charge in [-0.15, -0.1) is 0 Å². The molecule has 1 heterocycles. The number of hydrogen-bond acceptors (Lipinski definition) is 4. The number of rotatable bonds is 6. The summed E-state index contributed by atoms with van der Waals surface area (Å²) in [5, 5.41) is 10.9. The summed E-state index contributed by atoms with van der Waals surface area (Å²) in [6, 6.07) is 10.4. The van der Waals surface area contributed by atoms with E-state index in [0.717, 1.165) is 24.9 Å². The zero-order chi connectivity index (χ0) is 18.7. The Balaban J connectivity index is 1.90. The third-order valence-electron chi connectivity index (χ3n) is 4.38. The molecule has 136 valence electrons. The molecule has 1 aliphatic heterocycles. The molecule has 1 aliphatic rings. The third kappa shape index (κ3) is 3.92. The average molecular weight is 372 g/mol. The number of carbonyl (C=O) groups is 1. The number of nitrogens with zero attached hydrogens (tertiary/aromatic N) is 1. The summed E-state index contributed by atoms with van der Waals surface area (Å²) in [6.45, 7) is 3.58. The highest BCUT2D eigenvalue weighted by molar-refractivity contribution is 6.30. The number of benzene rings is 2. The number of allylic oxidation sites excluding steroid dienone is 1. The van der Waals surface area contributed by atoms with Gasteiger partial charge in [0, 0.05) is 11.6 Å². The summed E-state index contributed by atoms with van der Waals surface area (Å²) in [7, 11) is 1.99. The quantitative estimate of drug-likeness (QED) is 0.734. The molecule has 0 aliphatic carbocycles. The van der Waals surface area contributed by atoms with Gasteiger partial charge in [-0.2, -0.15) is 0 Å². The highest BCUT2D eigenvalue weighted by Gasteiger charge is 2.31. The maximum Gasteiger partial charge on any atom is 0.231 e. The largest absolute Gasteiger partial charge is 0.507 e. The summed E-state index contributed by atoms with van der Waals surface area (Å²) in [4.78, 5) is 14.8. The fourth-order valence-electron chi connectivity index (χ4n) is 2.97. The van der Waals surface area contributed by atoms with Crippen LogP contribution >= 0.6 is 11.6 Å². The molecule has 0 saturated carbocycles. The van der Waals surface area contributed by atoms with Crippen LogP contribution in [-0.4, -0.2) is 29.4 Å². The number of aromatic hydroxyl groups is 1. The highest BCUT2D eigenvalue weighted by Crippen LogP contribution is 2.40. The highest BCUT2D eigenvalue weighted by atomic mass is 35.5. The van der Waals surface area contributed by atoms with Crippen molar-refractivity contribution in [2.24, 2.45) is 0 Å². The third-order valence-corrected chi connectivity index (χ3v) is 4.62. The van der Waals surface area contributed by atoms with Crippen LogP contribution < -0.4 is 4.74 Å². The van der Waals surface area contributed by atoms with Gasteiger partial charge in [0.2, 0.25) is 5.78 Å². The fraction of sp³-hybridized carbons (Fsp3) is 0.286. The van der Waals surface area contributed by atoms with Crippen molar-refractivity contribution in [2.45, 2.75) is 26.3 Å². The number of halogens is 1. The molecule has 4 nitrogen and oxygen atoms in total. The maximum absolute atomic E-state index is 12.7. The Hall–Kier alpha value is -2.30. The van der Waals surface area contributed by atoms with Gasteiger partial charge < -0.3 is 14.7 Å². The molecule has 0 radical (unpaired) electrons. The van der Waals surface area contributed by atoms with Crippen LogP contribution in [0.2, 0.25) is 5.02 Å². The number of ether oxygens (including phenoxy) is 1. The van der Waals surface area contributed by atoms with Crippen LogP contribution in [0, 0.1) is 0 Å². The zero-order valence-corrected chi connectivity index (χ0v) is 15.7. The monoisotopic (exact) mass is 371 g/mol. The SMILES string of the molecule is CCCCN(C)Cc1c(O)ccc2c1O/C(=C\c1cccc(Cl)c1)C2=O. The van der Waals surface area contributed by atoms with Crippen molar-refractivity contribution in [3.05, 3.63) is 63.9 Å². The van der Waals surface area contributed by atoms with Gasteiger partial charge in [0.15, 0.2) is 5.76 Å². The molecule has 0 amide bonds. The van der Waals surface area contributed by atoms with Crippen molar-refractivity contribution < 1.29 is 14.6 Å². The molecule has 0 atom stereocenters. The molecule has 1 N–H and O–H groups in total. The lowest BCUT2D eigenvalue weighted by molar-refractivity contribution is 0.101. The number of unbranched alkanes of at least 4 members (excludes halogenated alkanes) is 1. The lowest BCUT2D eigenvalue weighted by Crippen LogP contribution is -2.19. The normalized spacial score (nSPS) is 14.8. The van der Waals surface area contributed by atoms with E-state index < -0.39 is 0 Å². The smallest absolute Gasteiger partial charge is 0.231 e. The Morgan fingerprint density at radius 1 is 1.27 bits per heavy atom. The Bertz CT molecular complexity index is 860. The molecule has 26 heavy (non-hydrogen) atoms. The van der Waals surface area contributed by atoms with Crippen molar-refractivity contribution in [2.75, 3.05) is 13.6 Å². The Kier molecular flexibility index (Phi) is 5.64. The van der Waals surface area contributed by atoms with E-state index in [2.05, 4.69) is 11.8 Å². The molecule has 2 aromatic carbocycles. The van der Waals surface area contributed by atoms with Crippen LogP contribution in [0.25, 0.3) is 6.08 Å². The molecule has 0 bridgehead atoms. The van der Waals surface area contributed by atoms with Gasteiger partial charge in [-0.25, -0.2) is 0 Å². The predicted molar refractivity (Wildman–Crippen MR) is 104 cm³/mol. The molecule has 0 fully saturated rings. The molecule has 0 aromatic heterocycles. The van der Waals surface area contributed by atoms with E-state index in [1.807, 2.05) is 19.2 Å². The number of carbonyl (C=O) groups excluding carboxylic acids is 1. The zero-order valence-electron chi connectivity index (χ0n) is 15.0. The van der Waals surface area contributed by atoms with Crippen LogP contribution in [0.1, 0.15) is 41.3 Å². The maximum atomic E-state index is 12.7. The van der Waals surface area contributed by atoms with E-state index >= 15 is 0 Å². The van der Waals surface area contributed by atoms with Crippen LogP contribution in [0.3, 0.4) is 0 Å². The molecular weight excluding hydrogens is 350 g/mol. The minimum atomic E-state index is -0.183. The number of phenolic OH excluding ortho intramolecular Hbond substituents is 1. The first-order chi connectivity index (χ1) is 12.5. The van der Waals surface area contributed by atoms with Gasteiger partial charge in [-0.05, 0) is 55.9 Å². The van der Waals surface area contributed by atoms with Crippen LogP contribution in [0.4, 0.5) is 0 Å². The first kappa shape index (κ1) is 18.5. The average Bonchev–Trinajstić information content (AvgIpc) is 2.92. The molecule has 5 heteroatoms. The molecule has 0 unspecified atom stereocenters. The number of Topliss-reactive ketones (excluding diaryl/α,β-unsaturated/α-hetero) is 1. The van der Waals surface area contributed by atoms with Crippen molar-refractivity contribution >= 4 is 23.5 Å². The van der Waals surface area contributed by atoms with E-state index in [9.17, 15) is 9.90 Å². The lowest BCUT2D eigenvalue weighted by atomic mass is 10.0. The van der Waals surface area contributed by atoms with Crippen molar-refractivity contribution in [3.8, 4) is 11.5 Å². The second-order valence-corrected chi connectivity index (χ2v) is 6.96. The van der Waals surface area contributed by atoms with Crippen LogP contribution in [0.15, 0.2) is 42.2 Å². The van der Waals surface area contributed by atoms with E-state index in [0.29, 0.717) is 28.4 Å². The number of hydrogen-bond donors (Lipinski definition) is 1. The number of phenols is 1. The van der Waals surface area contributed by atoms with Gasteiger partial charge in [0.25, 0.3) is 0 Å². The summed E-state index contributed by atoms with van der Waals surface area (Å²) in [5.41, 5.74) is 1.92. The molecular formula is C21H22ClNO3. The Labute approximate surface area is 158 Å². The van der Waals surface area contributed by atoms with E-state index in [4.69, 9.17) is 16.3 Å². The van der Waals surface area contributed by atoms with Crippen LogP contribution in [0.5, 0.6) is 11.5 Å². The summed E-state index contributed by atoms with van der Waals surface area (Å²) in [6.07, 6.45) is 3.85. The molecule has 0 saturated heterocycles.